The highest BCUT2D eigenvalue weighted by Crippen LogP contribution is 2.19. The Morgan fingerprint density at radius 3 is 3.23 bits per heavy atom. The van der Waals surface area contributed by atoms with Crippen LogP contribution in [0.25, 0.3) is 0 Å². The van der Waals surface area contributed by atoms with Gasteiger partial charge in [0.2, 0.25) is 0 Å². The molecule has 0 aliphatic carbocycles. The van der Waals surface area contributed by atoms with E-state index in [0.717, 1.165) is 13.1 Å². The fourth-order valence-electron chi connectivity index (χ4n) is 1.74. The Morgan fingerprint density at radius 2 is 2.62 bits per heavy atom. The predicted molar refractivity (Wildman–Crippen MR) is 57.5 cm³/mol. The van der Waals surface area contributed by atoms with E-state index < -0.39 is 0 Å². The molecular formula is C9H17N3S. The minimum atomic E-state index is 0.519. The van der Waals surface area contributed by atoms with E-state index in [0.29, 0.717) is 12.1 Å². The van der Waals surface area contributed by atoms with Gasteiger partial charge in [-0.05, 0) is 36.7 Å². The average Bonchev–Trinajstić information content (AvgIpc) is 2.71. The zero-order chi connectivity index (χ0) is 9.10. The van der Waals surface area contributed by atoms with E-state index in [4.69, 9.17) is 0 Å². The molecule has 0 amide bonds. The molecule has 3 nitrogen and oxygen atoms in total. The number of hydrogen-bond acceptors (Lipinski definition) is 4. The molecule has 2 heterocycles. The van der Waals surface area contributed by atoms with Gasteiger partial charge < -0.3 is 10.6 Å². The van der Waals surface area contributed by atoms with Crippen molar-refractivity contribution in [3.8, 4) is 0 Å². The predicted octanol–water partition coefficient (Wildman–Crippen LogP) is 0.462. The molecule has 2 atom stereocenters. The van der Waals surface area contributed by atoms with Gasteiger partial charge in [-0.25, -0.2) is 0 Å². The molecule has 2 unspecified atom stereocenters. The van der Waals surface area contributed by atoms with Crippen LogP contribution in [0.4, 0.5) is 0 Å². The van der Waals surface area contributed by atoms with E-state index in [1.54, 1.807) is 11.9 Å². The Morgan fingerprint density at radius 1 is 1.69 bits per heavy atom. The fourth-order valence-corrected chi connectivity index (χ4v) is 2.46. The van der Waals surface area contributed by atoms with Crippen LogP contribution in [0.3, 0.4) is 0 Å². The van der Waals surface area contributed by atoms with E-state index in [-0.39, 0.29) is 0 Å². The molecule has 0 saturated carbocycles. The molecule has 74 valence electrons. The Bertz CT molecular complexity index is 199. The molecule has 0 bridgehead atoms. The zero-order valence-corrected chi connectivity index (χ0v) is 8.79. The van der Waals surface area contributed by atoms with Crippen LogP contribution in [0.1, 0.15) is 13.3 Å². The van der Waals surface area contributed by atoms with Crippen molar-refractivity contribution >= 4 is 11.9 Å². The Labute approximate surface area is 83.9 Å². The molecule has 3 N–H and O–H groups in total. The molecule has 2 aliphatic heterocycles. The van der Waals surface area contributed by atoms with Crippen LogP contribution in [0.5, 0.6) is 0 Å². The standard InChI is InChI=1S/C9H17N3S/c1-7-4-9(12-13-7)6-11-8-2-3-10-5-8/h4,8-12H,2-3,5-6H2,1H3. The van der Waals surface area contributed by atoms with E-state index >= 15 is 0 Å². The monoisotopic (exact) mass is 199 g/mol. The molecule has 1 fully saturated rings. The molecular weight excluding hydrogens is 182 g/mol. The normalized spacial score (nSPS) is 33.8. The number of allylic oxidation sites excluding steroid dienone is 1. The van der Waals surface area contributed by atoms with Crippen LogP contribution < -0.4 is 15.4 Å². The summed E-state index contributed by atoms with van der Waals surface area (Å²) in [5, 5.41) is 6.91. The summed E-state index contributed by atoms with van der Waals surface area (Å²) in [6.45, 7) is 5.49. The van der Waals surface area contributed by atoms with Gasteiger partial charge in [0.05, 0.1) is 0 Å². The van der Waals surface area contributed by atoms with Crippen molar-refractivity contribution in [1.82, 2.24) is 15.4 Å². The van der Waals surface area contributed by atoms with Gasteiger partial charge in [0.25, 0.3) is 0 Å². The van der Waals surface area contributed by atoms with Crippen molar-refractivity contribution < 1.29 is 0 Å². The molecule has 2 aliphatic rings. The molecule has 0 aromatic carbocycles. The van der Waals surface area contributed by atoms with Crippen molar-refractivity contribution in [3.05, 3.63) is 11.0 Å². The van der Waals surface area contributed by atoms with Gasteiger partial charge in [-0.15, -0.1) is 0 Å². The van der Waals surface area contributed by atoms with Gasteiger partial charge in [0.15, 0.2) is 0 Å². The SMILES string of the molecule is CC1=CC(CNC2CCNC2)NS1. The smallest absolute Gasteiger partial charge is 0.0490 e. The van der Waals surface area contributed by atoms with Gasteiger partial charge in [-0.2, -0.15) is 0 Å². The van der Waals surface area contributed by atoms with Gasteiger partial charge in [0.1, 0.15) is 0 Å². The van der Waals surface area contributed by atoms with E-state index in [2.05, 4.69) is 28.4 Å². The van der Waals surface area contributed by atoms with Gasteiger partial charge in [-0.1, -0.05) is 6.08 Å². The Kier molecular flexibility index (Phi) is 3.27. The minimum Gasteiger partial charge on any atom is -0.315 e. The van der Waals surface area contributed by atoms with Crippen molar-refractivity contribution in [2.75, 3.05) is 19.6 Å². The third-order valence-electron chi connectivity index (χ3n) is 2.49. The first-order valence-corrected chi connectivity index (χ1v) is 5.71. The minimum absolute atomic E-state index is 0.519. The summed E-state index contributed by atoms with van der Waals surface area (Å²) in [6.07, 6.45) is 3.56. The lowest BCUT2D eigenvalue weighted by Crippen LogP contribution is -2.39. The Hall–Kier alpha value is -0.0300. The molecule has 0 aromatic rings. The molecule has 4 heteroatoms. The first-order valence-electron chi connectivity index (χ1n) is 4.89. The first kappa shape index (κ1) is 9.52. The van der Waals surface area contributed by atoms with Crippen LogP contribution in [0.15, 0.2) is 11.0 Å². The molecule has 0 radical (unpaired) electrons. The first-order chi connectivity index (χ1) is 6.34. The average molecular weight is 199 g/mol. The highest BCUT2D eigenvalue weighted by Gasteiger charge is 2.17. The van der Waals surface area contributed by atoms with E-state index in [9.17, 15) is 0 Å². The summed E-state index contributed by atoms with van der Waals surface area (Å²) in [6, 6.07) is 1.20. The number of nitrogens with one attached hydrogen (secondary N) is 3. The van der Waals surface area contributed by atoms with Crippen molar-refractivity contribution in [2.45, 2.75) is 25.4 Å². The second-order valence-electron chi connectivity index (χ2n) is 3.70. The molecule has 0 spiro atoms. The summed E-state index contributed by atoms with van der Waals surface area (Å²) >= 11 is 1.74. The molecule has 1 saturated heterocycles. The Balaban J connectivity index is 1.67. The van der Waals surface area contributed by atoms with Gasteiger partial charge >= 0.3 is 0 Å². The van der Waals surface area contributed by atoms with Crippen molar-refractivity contribution in [1.29, 1.82) is 0 Å². The maximum atomic E-state index is 3.56. The molecule has 13 heavy (non-hydrogen) atoms. The van der Waals surface area contributed by atoms with E-state index in [1.807, 2.05) is 0 Å². The van der Waals surface area contributed by atoms with Crippen LogP contribution in [0, 0.1) is 0 Å². The topological polar surface area (TPSA) is 36.1 Å². The van der Waals surface area contributed by atoms with Crippen LogP contribution >= 0.6 is 11.9 Å². The summed E-state index contributed by atoms with van der Waals surface area (Å²) in [5.41, 5.74) is 0. The second kappa shape index (κ2) is 4.46. The van der Waals surface area contributed by atoms with Crippen LogP contribution in [-0.4, -0.2) is 31.7 Å². The largest absolute Gasteiger partial charge is 0.315 e. The highest BCUT2D eigenvalue weighted by molar-refractivity contribution is 8.01. The third kappa shape index (κ3) is 2.71. The summed E-state index contributed by atoms with van der Waals surface area (Å²) in [7, 11) is 0. The summed E-state index contributed by atoms with van der Waals surface area (Å²) in [4.78, 5) is 1.39. The lowest BCUT2D eigenvalue weighted by atomic mass is 10.2. The number of rotatable bonds is 3. The summed E-state index contributed by atoms with van der Waals surface area (Å²) in [5.74, 6) is 0. The lowest BCUT2D eigenvalue weighted by molar-refractivity contribution is 0.523. The van der Waals surface area contributed by atoms with Crippen molar-refractivity contribution in [2.24, 2.45) is 0 Å². The zero-order valence-electron chi connectivity index (χ0n) is 7.97. The molecule has 2 rings (SSSR count). The van der Waals surface area contributed by atoms with Gasteiger partial charge in [0, 0.05) is 25.2 Å². The second-order valence-corrected chi connectivity index (χ2v) is 4.79. The quantitative estimate of drug-likeness (QED) is 0.577. The number of hydrogen-bond donors (Lipinski definition) is 3. The van der Waals surface area contributed by atoms with Crippen LogP contribution in [0.2, 0.25) is 0 Å². The van der Waals surface area contributed by atoms with E-state index in [1.165, 1.54) is 17.9 Å². The third-order valence-corrected chi connectivity index (χ3v) is 3.37. The van der Waals surface area contributed by atoms with Crippen molar-refractivity contribution in [3.63, 3.8) is 0 Å². The van der Waals surface area contributed by atoms with Gasteiger partial charge in [-0.3, -0.25) is 4.72 Å². The lowest BCUT2D eigenvalue weighted by Gasteiger charge is -2.14. The fraction of sp³-hybridized carbons (Fsp3) is 0.778. The maximum absolute atomic E-state index is 3.56. The molecule has 0 aromatic heterocycles. The maximum Gasteiger partial charge on any atom is 0.0490 e. The van der Waals surface area contributed by atoms with Crippen LogP contribution in [-0.2, 0) is 0 Å². The summed E-state index contributed by atoms with van der Waals surface area (Å²) < 4.78 is 3.37. The highest BCUT2D eigenvalue weighted by atomic mass is 32.2.